The first-order chi connectivity index (χ1) is 13.8. The first kappa shape index (κ1) is 20.6. The van der Waals surface area contributed by atoms with Gasteiger partial charge in [0.1, 0.15) is 0 Å². The number of carbonyl (C=O) groups excluding carboxylic acids is 1. The van der Waals surface area contributed by atoms with Gasteiger partial charge in [0.15, 0.2) is 0 Å². The number of anilines is 1. The molecule has 0 fully saturated rings. The molecule has 0 aliphatic rings. The molecular formula is C23H24N2O3S. The Morgan fingerprint density at radius 3 is 2.31 bits per heavy atom. The van der Waals surface area contributed by atoms with Crippen LogP contribution in [0.25, 0.3) is 0 Å². The fourth-order valence-electron chi connectivity index (χ4n) is 3.05. The first-order valence-corrected chi connectivity index (χ1v) is 10.8. The Balaban J connectivity index is 1.84. The van der Waals surface area contributed by atoms with Gasteiger partial charge in [-0.25, -0.2) is 8.42 Å². The number of amides is 1. The highest BCUT2D eigenvalue weighted by molar-refractivity contribution is 7.92. The smallest absolute Gasteiger partial charge is 0.262 e. The summed E-state index contributed by atoms with van der Waals surface area (Å²) in [4.78, 5) is 12.8. The molecule has 3 rings (SSSR count). The van der Waals surface area contributed by atoms with E-state index < -0.39 is 10.0 Å². The Labute approximate surface area is 171 Å². The van der Waals surface area contributed by atoms with Gasteiger partial charge < -0.3 is 5.32 Å². The van der Waals surface area contributed by atoms with E-state index >= 15 is 0 Å². The molecule has 3 aromatic carbocycles. The van der Waals surface area contributed by atoms with E-state index in [0.29, 0.717) is 16.8 Å². The lowest BCUT2D eigenvalue weighted by molar-refractivity contribution is 0.0939. The summed E-state index contributed by atoms with van der Waals surface area (Å²) in [6.45, 7) is 5.49. The van der Waals surface area contributed by atoms with Crippen molar-refractivity contribution in [2.45, 2.75) is 31.7 Å². The van der Waals surface area contributed by atoms with E-state index in [0.717, 1.165) is 11.1 Å². The van der Waals surface area contributed by atoms with Crippen LogP contribution in [-0.2, 0) is 10.0 Å². The van der Waals surface area contributed by atoms with E-state index in [1.807, 2.05) is 50.2 Å². The number of hydrogen-bond acceptors (Lipinski definition) is 3. The number of sulfonamides is 1. The Bertz CT molecular complexity index is 1130. The highest BCUT2D eigenvalue weighted by atomic mass is 32.2. The molecule has 0 aliphatic carbocycles. The van der Waals surface area contributed by atoms with Crippen molar-refractivity contribution in [2.75, 3.05) is 4.72 Å². The summed E-state index contributed by atoms with van der Waals surface area (Å²) < 4.78 is 28.4. The molecular weight excluding hydrogens is 384 g/mol. The zero-order valence-corrected chi connectivity index (χ0v) is 17.5. The van der Waals surface area contributed by atoms with Gasteiger partial charge in [-0.3, -0.25) is 9.52 Å². The van der Waals surface area contributed by atoms with Gasteiger partial charge >= 0.3 is 0 Å². The Kier molecular flexibility index (Phi) is 6.03. The summed E-state index contributed by atoms with van der Waals surface area (Å²) in [6.07, 6.45) is 0. The van der Waals surface area contributed by atoms with Gasteiger partial charge in [0.2, 0.25) is 0 Å². The maximum atomic E-state index is 12.9. The normalized spacial score (nSPS) is 12.2. The lowest BCUT2D eigenvalue weighted by Crippen LogP contribution is -2.27. The van der Waals surface area contributed by atoms with Gasteiger partial charge in [0, 0.05) is 11.3 Å². The molecule has 0 saturated heterocycles. The highest BCUT2D eigenvalue weighted by Gasteiger charge is 2.20. The summed E-state index contributed by atoms with van der Waals surface area (Å²) in [6, 6.07) is 21.2. The topological polar surface area (TPSA) is 75.3 Å². The van der Waals surface area contributed by atoms with E-state index in [-0.39, 0.29) is 16.8 Å². The van der Waals surface area contributed by atoms with E-state index in [1.54, 1.807) is 37.3 Å². The number of carbonyl (C=O) groups is 1. The second kappa shape index (κ2) is 8.49. The molecule has 0 aromatic heterocycles. The minimum Gasteiger partial charge on any atom is -0.346 e. The van der Waals surface area contributed by atoms with Crippen molar-refractivity contribution in [1.82, 2.24) is 5.32 Å². The van der Waals surface area contributed by atoms with Crippen molar-refractivity contribution >= 4 is 21.6 Å². The average molecular weight is 409 g/mol. The quantitative estimate of drug-likeness (QED) is 0.626. The van der Waals surface area contributed by atoms with E-state index in [9.17, 15) is 13.2 Å². The maximum absolute atomic E-state index is 12.9. The number of benzene rings is 3. The zero-order chi connectivity index (χ0) is 21.0. The fraction of sp³-hybridized carbons (Fsp3) is 0.174. The van der Waals surface area contributed by atoms with Crippen molar-refractivity contribution in [3.05, 3.63) is 95.1 Å². The van der Waals surface area contributed by atoms with Gasteiger partial charge in [0.05, 0.1) is 10.9 Å². The Morgan fingerprint density at radius 1 is 0.897 bits per heavy atom. The molecule has 0 bridgehead atoms. The molecule has 3 aromatic rings. The second-order valence-electron chi connectivity index (χ2n) is 7.06. The largest absolute Gasteiger partial charge is 0.346 e. The van der Waals surface area contributed by atoms with Crippen molar-refractivity contribution in [3.63, 3.8) is 0 Å². The second-order valence-corrected chi connectivity index (χ2v) is 8.71. The summed E-state index contributed by atoms with van der Waals surface area (Å²) in [5.41, 5.74) is 3.27. The van der Waals surface area contributed by atoms with Crippen LogP contribution in [0.15, 0.2) is 77.7 Å². The molecule has 5 nitrogen and oxygen atoms in total. The van der Waals surface area contributed by atoms with E-state index in [2.05, 4.69) is 10.0 Å². The van der Waals surface area contributed by atoms with Gasteiger partial charge in [-0.15, -0.1) is 0 Å². The van der Waals surface area contributed by atoms with Crippen LogP contribution < -0.4 is 10.0 Å². The van der Waals surface area contributed by atoms with Crippen molar-refractivity contribution < 1.29 is 13.2 Å². The standard InChI is InChI=1S/C23H24N2O3S/c1-16-8-7-11-21(14-16)25-29(27,28)22-15-20(13-12-17(22)2)23(26)24-18(3)19-9-5-4-6-10-19/h4-15,18,25H,1-3H3,(H,24,26)/t18-/m0/s1. The van der Waals surface area contributed by atoms with E-state index in [1.165, 1.54) is 6.07 Å². The number of aryl methyl sites for hydroxylation is 2. The third-order valence-electron chi connectivity index (χ3n) is 4.66. The molecule has 0 aliphatic heterocycles. The summed E-state index contributed by atoms with van der Waals surface area (Å²) in [5, 5.41) is 2.91. The molecule has 29 heavy (non-hydrogen) atoms. The van der Waals surface area contributed by atoms with Crippen LogP contribution in [0.3, 0.4) is 0 Å². The molecule has 1 atom stereocenters. The Morgan fingerprint density at radius 2 is 1.62 bits per heavy atom. The monoisotopic (exact) mass is 408 g/mol. The Hall–Kier alpha value is -3.12. The molecule has 0 unspecified atom stereocenters. The first-order valence-electron chi connectivity index (χ1n) is 9.32. The van der Waals surface area contributed by atoms with Crippen LogP contribution in [-0.4, -0.2) is 14.3 Å². The molecule has 2 N–H and O–H groups in total. The average Bonchev–Trinajstić information content (AvgIpc) is 2.68. The molecule has 0 saturated carbocycles. The van der Waals surface area contributed by atoms with Crippen LogP contribution >= 0.6 is 0 Å². The van der Waals surface area contributed by atoms with Crippen LogP contribution in [0.1, 0.15) is 40.0 Å². The lowest BCUT2D eigenvalue weighted by atomic mass is 10.1. The van der Waals surface area contributed by atoms with E-state index in [4.69, 9.17) is 0 Å². The number of nitrogens with one attached hydrogen (secondary N) is 2. The summed E-state index contributed by atoms with van der Waals surface area (Å²) >= 11 is 0. The van der Waals surface area contributed by atoms with Crippen molar-refractivity contribution in [3.8, 4) is 0 Å². The molecule has 150 valence electrons. The minimum atomic E-state index is -3.83. The number of rotatable bonds is 6. The molecule has 0 radical (unpaired) electrons. The summed E-state index contributed by atoms with van der Waals surface area (Å²) in [5.74, 6) is -0.326. The van der Waals surface area contributed by atoms with Crippen LogP contribution in [0.5, 0.6) is 0 Å². The van der Waals surface area contributed by atoms with Crippen LogP contribution in [0.4, 0.5) is 5.69 Å². The molecule has 0 heterocycles. The van der Waals surface area contributed by atoms with Crippen LogP contribution in [0, 0.1) is 13.8 Å². The molecule has 6 heteroatoms. The van der Waals surface area contributed by atoms with Crippen molar-refractivity contribution in [2.24, 2.45) is 0 Å². The van der Waals surface area contributed by atoms with Gasteiger partial charge in [-0.1, -0.05) is 48.5 Å². The SMILES string of the molecule is Cc1cccc(NS(=O)(=O)c2cc(C(=O)N[C@@H](C)c3ccccc3)ccc2C)c1. The third-order valence-corrected chi connectivity index (χ3v) is 6.18. The van der Waals surface area contributed by atoms with Gasteiger partial charge in [0.25, 0.3) is 15.9 Å². The predicted molar refractivity (Wildman–Crippen MR) is 115 cm³/mol. The predicted octanol–water partition coefficient (Wildman–Crippen LogP) is 4.60. The minimum absolute atomic E-state index is 0.0824. The highest BCUT2D eigenvalue weighted by Crippen LogP contribution is 2.22. The van der Waals surface area contributed by atoms with Gasteiger partial charge in [-0.05, 0) is 61.7 Å². The third kappa shape index (κ3) is 5.03. The van der Waals surface area contributed by atoms with Crippen molar-refractivity contribution in [1.29, 1.82) is 0 Å². The fourth-order valence-corrected chi connectivity index (χ4v) is 4.38. The zero-order valence-electron chi connectivity index (χ0n) is 16.6. The van der Waals surface area contributed by atoms with Crippen LogP contribution in [0.2, 0.25) is 0 Å². The van der Waals surface area contributed by atoms with Gasteiger partial charge in [-0.2, -0.15) is 0 Å². The number of hydrogen-bond donors (Lipinski definition) is 2. The molecule has 1 amide bonds. The summed E-state index contributed by atoms with van der Waals surface area (Å²) in [7, 11) is -3.83. The molecule has 0 spiro atoms. The maximum Gasteiger partial charge on any atom is 0.262 e. The lowest BCUT2D eigenvalue weighted by Gasteiger charge is -2.16.